The molecule has 0 aromatic heterocycles. The SMILES string of the molecule is NC(=O)c1ccc(Cl)c(N2C(=O)[C@@H]3C4c5ccccc5C(c5ccccc54)[C@@H]3C2=O)c1. The van der Waals surface area contributed by atoms with Gasteiger partial charge in [0.25, 0.3) is 0 Å². The van der Waals surface area contributed by atoms with E-state index in [1.165, 1.54) is 23.1 Å². The number of nitrogens with two attached hydrogens (primary N) is 1. The molecule has 7 rings (SSSR count). The molecule has 0 radical (unpaired) electrons. The van der Waals surface area contributed by atoms with E-state index in [0.717, 1.165) is 22.3 Å². The summed E-state index contributed by atoms with van der Waals surface area (Å²) in [7, 11) is 0. The lowest BCUT2D eigenvalue weighted by Gasteiger charge is -2.45. The molecule has 2 bridgehead atoms. The quantitative estimate of drug-likeness (QED) is 0.630. The molecule has 0 spiro atoms. The van der Waals surface area contributed by atoms with E-state index >= 15 is 0 Å². The van der Waals surface area contributed by atoms with Gasteiger partial charge in [0.15, 0.2) is 0 Å². The standard InChI is InChI=1S/C25H17ClN2O3/c26-17-10-9-12(23(27)29)11-18(17)28-24(30)21-19-13-5-1-2-6-14(13)20(22(21)25(28)31)16-8-4-3-7-15(16)19/h1-11,19-22H,(H2,27,29)/t19?,20?,21-,22+. The van der Waals surface area contributed by atoms with Gasteiger partial charge in [-0.2, -0.15) is 0 Å². The molecule has 31 heavy (non-hydrogen) atoms. The summed E-state index contributed by atoms with van der Waals surface area (Å²) in [4.78, 5) is 40.3. The lowest BCUT2D eigenvalue weighted by molar-refractivity contribution is -0.122. The van der Waals surface area contributed by atoms with Gasteiger partial charge in [0.05, 0.1) is 22.5 Å². The number of imide groups is 1. The van der Waals surface area contributed by atoms with Crippen molar-refractivity contribution in [2.24, 2.45) is 17.6 Å². The third kappa shape index (κ3) is 2.29. The Morgan fingerprint density at radius 1 is 0.774 bits per heavy atom. The molecule has 5 nitrogen and oxygen atoms in total. The summed E-state index contributed by atoms with van der Waals surface area (Å²) < 4.78 is 0. The second-order valence-electron chi connectivity index (χ2n) is 8.31. The van der Waals surface area contributed by atoms with Crippen LogP contribution in [0.3, 0.4) is 0 Å². The van der Waals surface area contributed by atoms with Crippen LogP contribution in [0.15, 0.2) is 66.7 Å². The molecule has 1 aliphatic heterocycles. The van der Waals surface area contributed by atoms with Crippen LogP contribution in [0.1, 0.15) is 44.4 Å². The van der Waals surface area contributed by atoms with Crippen LogP contribution >= 0.6 is 11.6 Å². The average molecular weight is 429 g/mol. The second-order valence-corrected chi connectivity index (χ2v) is 8.71. The molecule has 2 N–H and O–H groups in total. The van der Waals surface area contributed by atoms with Crippen molar-refractivity contribution in [2.75, 3.05) is 4.90 Å². The topological polar surface area (TPSA) is 80.5 Å². The molecule has 3 aromatic carbocycles. The van der Waals surface area contributed by atoms with Crippen molar-refractivity contribution in [3.63, 3.8) is 0 Å². The fourth-order valence-corrected chi connectivity index (χ4v) is 5.95. The maximum atomic E-state index is 13.7. The minimum Gasteiger partial charge on any atom is -0.366 e. The van der Waals surface area contributed by atoms with E-state index in [9.17, 15) is 14.4 Å². The number of nitrogens with zero attached hydrogens (tertiary/aromatic N) is 1. The summed E-state index contributed by atoms with van der Waals surface area (Å²) in [6, 6.07) is 20.5. The second kappa shape index (κ2) is 6.28. The highest BCUT2D eigenvalue weighted by atomic mass is 35.5. The number of benzene rings is 3. The van der Waals surface area contributed by atoms with Crippen LogP contribution in [-0.4, -0.2) is 17.7 Å². The molecule has 3 aliphatic carbocycles. The Balaban J connectivity index is 1.56. The molecule has 1 heterocycles. The van der Waals surface area contributed by atoms with Gasteiger partial charge in [0.1, 0.15) is 0 Å². The van der Waals surface area contributed by atoms with Crippen molar-refractivity contribution >= 4 is 35.0 Å². The normalized spacial score (nSPS) is 25.3. The molecule has 3 amide bonds. The van der Waals surface area contributed by atoms with Crippen molar-refractivity contribution in [3.8, 4) is 0 Å². The highest BCUT2D eigenvalue weighted by Gasteiger charge is 2.61. The number of rotatable bonds is 2. The van der Waals surface area contributed by atoms with E-state index in [4.69, 9.17) is 17.3 Å². The highest BCUT2D eigenvalue weighted by molar-refractivity contribution is 6.36. The molecular formula is C25H17ClN2O3. The number of hydrogen-bond acceptors (Lipinski definition) is 3. The van der Waals surface area contributed by atoms with Crippen molar-refractivity contribution in [1.82, 2.24) is 0 Å². The predicted octanol–water partition coefficient (Wildman–Crippen LogP) is 3.84. The highest BCUT2D eigenvalue weighted by Crippen LogP contribution is 2.61. The molecule has 1 saturated heterocycles. The molecule has 0 unspecified atom stereocenters. The number of halogens is 1. The number of primary amides is 1. The maximum Gasteiger partial charge on any atom is 0.248 e. The molecule has 152 valence electrons. The molecule has 4 aliphatic rings. The molecular weight excluding hydrogens is 412 g/mol. The number of anilines is 1. The zero-order chi connectivity index (χ0) is 21.4. The predicted molar refractivity (Wildman–Crippen MR) is 116 cm³/mol. The Morgan fingerprint density at radius 3 is 1.65 bits per heavy atom. The van der Waals surface area contributed by atoms with E-state index < -0.39 is 17.7 Å². The zero-order valence-corrected chi connectivity index (χ0v) is 17.0. The lowest BCUT2D eigenvalue weighted by atomic mass is 9.55. The third-order valence-electron chi connectivity index (χ3n) is 6.92. The minimum atomic E-state index is -0.644. The average Bonchev–Trinajstić information content (AvgIpc) is 3.05. The third-order valence-corrected chi connectivity index (χ3v) is 7.24. The van der Waals surface area contributed by atoms with Crippen LogP contribution in [0.5, 0.6) is 0 Å². The van der Waals surface area contributed by atoms with Crippen molar-refractivity contribution < 1.29 is 14.4 Å². The van der Waals surface area contributed by atoms with Gasteiger partial charge in [-0.25, -0.2) is 4.90 Å². The number of carbonyl (C=O) groups excluding carboxylic acids is 3. The largest absolute Gasteiger partial charge is 0.366 e. The molecule has 3 aromatic rings. The summed E-state index contributed by atoms with van der Waals surface area (Å²) in [5, 5.41) is 0.229. The van der Waals surface area contributed by atoms with Gasteiger partial charge in [-0.05, 0) is 40.5 Å². The van der Waals surface area contributed by atoms with Crippen LogP contribution in [0.4, 0.5) is 5.69 Å². The number of amides is 3. The van der Waals surface area contributed by atoms with E-state index in [1.54, 1.807) is 0 Å². The molecule has 1 fully saturated rings. The summed E-state index contributed by atoms with van der Waals surface area (Å²) in [5.74, 6) is -2.60. The Hall–Kier alpha value is -3.44. The van der Waals surface area contributed by atoms with Gasteiger partial charge in [0.2, 0.25) is 17.7 Å². The zero-order valence-electron chi connectivity index (χ0n) is 16.3. The van der Waals surface area contributed by atoms with Gasteiger partial charge in [-0.1, -0.05) is 60.1 Å². The fraction of sp³-hybridized carbons (Fsp3) is 0.160. The number of carbonyl (C=O) groups is 3. The van der Waals surface area contributed by atoms with Gasteiger partial charge in [-0.3, -0.25) is 14.4 Å². The van der Waals surface area contributed by atoms with Gasteiger partial charge >= 0.3 is 0 Å². The van der Waals surface area contributed by atoms with Crippen LogP contribution in [0.2, 0.25) is 5.02 Å². The first-order valence-electron chi connectivity index (χ1n) is 10.1. The molecule has 0 saturated carbocycles. The Morgan fingerprint density at radius 2 is 1.23 bits per heavy atom. The molecule has 2 atom stereocenters. The van der Waals surface area contributed by atoms with Gasteiger partial charge in [-0.15, -0.1) is 0 Å². The first-order valence-corrected chi connectivity index (χ1v) is 10.5. The van der Waals surface area contributed by atoms with Crippen molar-refractivity contribution in [2.45, 2.75) is 11.8 Å². The van der Waals surface area contributed by atoms with Crippen LogP contribution in [0.25, 0.3) is 0 Å². The molecule has 6 heteroatoms. The van der Waals surface area contributed by atoms with Crippen molar-refractivity contribution in [1.29, 1.82) is 0 Å². The minimum absolute atomic E-state index is 0.193. The first-order chi connectivity index (χ1) is 15.0. The van der Waals surface area contributed by atoms with E-state index in [0.29, 0.717) is 0 Å². The Bertz CT molecular complexity index is 1200. The Labute approximate surface area is 183 Å². The summed E-state index contributed by atoms with van der Waals surface area (Å²) in [5.41, 5.74) is 10.2. The van der Waals surface area contributed by atoms with E-state index in [-0.39, 0.29) is 39.9 Å². The fourth-order valence-electron chi connectivity index (χ4n) is 5.75. The van der Waals surface area contributed by atoms with Gasteiger partial charge < -0.3 is 5.73 Å². The summed E-state index contributed by atoms with van der Waals surface area (Å²) in [6.45, 7) is 0. The van der Waals surface area contributed by atoms with E-state index in [2.05, 4.69) is 24.3 Å². The van der Waals surface area contributed by atoms with Crippen LogP contribution in [-0.2, 0) is 9.59 Å². The van der Waals surface area contributed by atoms with Crippen molar-refractivity contribution in [3.05, 3.63) is 99.6 Å². The van der Waals surface area contributed by atoms with Crippen LogP contribution in [0, 0.1) is 11.8 Å². The monoisotopic (exact) mass is 428 g/mol. The summed E-state index contributed by atoms with van der Waals surface area (Å²) in [6.07, 6.45) is 0. The van der Waals surface area contributed by atoms with Gasteiger partial charge in [0, 0.05) is 17.4 Å². The Kier molecular flexibility index (Phi) is 3.72. The van der Waals surface area contributed by atoms with E-state index in [1.807, 2.05) is 24.3 Å². The first kappa shape index (κ1) is 18.3. The summed E-state index contributed by atoms with van der Waals surface area (Å²) >= 11 is 6.38. The maximum absolute atomic E-state index is 13.7. The smallest absolute Gasteiger partial charge is 0.248 e. The van der Waals surface area contributed by atoms with Crippen LogP contribution < -0.4 is 10.6 Å². The number of hydrogen-bond donors (Lipinski definition) is 1. The lowest BCUT2D eigenvalue weighted by Crippen LogP contribution is -2.41.